The number of methoxy groups -OCH3 is 1. The van der Waals surface area contributed by atoms with Gasteiger partial charge in [0.15, 0.2) is 11.5 Å². The number of likely N-dealkylation sites (tertiary alicyclic amines) is 1. The van der Waals surface area contributed by atoms with Crippen molar-refractivity contribution in [2.45, 2.75) is 26.2 Å². The quantitative estimate of drug-likeness (QED) is 0.556. The summed E-state index contributed by atoms with van der Waals surface area (Å²) in [5, 5.41) is 7.15. The Bertz CT molecular complexity index is 1170. The van der Waals surface area contributed by atoms with Gasteiger partial charge < -0.3 is 29.7 Å². The molecule has 0 unspecified atom stereocenters. The molecule has 8 heteroatoms. The molecule has 3 aliphatic rings. The average molecular weight is 505 g/mol. The summed E-state index contributed by atoms with van der Waals surface area (Å²) in [5.74, 6) is 3.23. The third-order valence-corrected chi connectivity index (χ3v) is 7.23. The maximum Gasteiger partial charge on any atom is 0.238 e. The first-order valence-corrected chi connectivity index (χ1v) is 13.2. The maximum atomic E-state index is 11.5. The lowest BCUT2D eigenvalue weighted by atomic mass is 9.95. The fraction of sp³-hybridized carbons (Fsp3) is 0.448. The largest absolute Gasteiger partial charge is 0.486 e. The van der Waals surface area contributed by atoms with Crippen LogP contribution in [0.3, 0.4) is 0 Å². The average Bonchev–Trinajstić information content (AvgIpc) is 2.93. The van der Waals surface area contributed by atoms with Crippen molar-refractivity contribution >= 4 is 11.6 Å². The molecule has 1 amide bonds. The lowest BCUT2D eigenvalue weighted by molar-refractivity contribution is -0.130. The highest BCUT2D eigenvalue weighted by Crippen LogP contribution is 2.40. The lowest BCUT2D eigenvalue weighted by Gasteiger charge is -2.31. The monoisotopic (exact) mass is 504 g/mol. The molecule has 0 radical (unpaired) electrons. The van der Waals surface area contributed by atoms with Gasteiger partial charge in [0, 0.05) is 37.8 Å². The second kappa shape index (κ2) is 11.7. The first kappa shape index (κ1) is 25.1. The van der Waals surface area contributed by atoms with Crippen molar-refractivity contribution in [3.05, 3.63) is 54.3 Å². The number of rotatable bonds is 8. The zero-order valence-corrected chi connectivity index (χ0v) is 21.7. The van der Waals surface area contributed by atoms with E-state index in [1.165, 1.54) is 0 Å². The number of carbonyl (C=O) groups excluding carboxylic acids is 1. The van der Waals surface area contributed by atoms with Gasteiger partial charge in [-0.1, -0.05) is 18.2 Å². The van der Waals surface area contributed by atoms with E-state index in [-0.39, 0.29) is 5.91 Å². The number of ether oxygens (including phenoxy) is 3. The number of fused-ring (bicyclic) bond motifs is 1. The van der Waals surface area contributed by atoms with Crippen LogP contribution in [0.2, 0.25) is 0 Å². The Morgan fingerprint density at radius 2 is 1.97 bits per heavy atom. The minimum atomic E-state index is 0.189. The van der Waals surface area contributed by atoms with Gasteiger partial charge in [-0.05, 0) is 68.0 Å². The van der Waals surface area contributed by atoms with Crippen LogP contribution in [-0.2, 0) is 4.79 Å². The van der Waals surface area contributed by atoms with Crippen LogP contribution in [-0.4, -0.2) is 62.3 Å². The number of piperidine rings is 1. The second-order valence-corrected chi connectivity index (χ2v) is 9.84. The van der Waals surface area contributed by atoms with Crippen LogP contribution in [0.15, 0.2) is 54.3 Å². The Morgan fingerprint density at radius 1 is 1.14 bits per heavy atom. The minimum absolute atomic E-state index is 0.189. The number of benzene rings is 1. The number of allylic oxidation sites excluding steroid dienone is 2. The number of para-hydroxylation sites is 1. The molecule has 196 valence electrons. The van der Waals surface area contributed by atoms with E-state index in [0.717, 1.165) is 79.6 Å². The standard InChI is InChI=1S/C29H36N4O4/c1-20(34)33-13-11-21(12-14-33)18-30-19-22-5-3-6-23(17-22)31-26-10-9-25(32-29(26)35-2)24-7-4-8-27-28(24)37-16-15-36-27/h3-4,6-10,17,21-22,30-31H,5,11-16,18-19H2,1-2H3/t22-/m1/s1. The third-order valence-electron chi connectivity index (χ3n) is 7.23. The minimum Gasteiger partial charge on any atom is -0.486 e. The summed E-state index contributed by atoms with van der Waals surface area (Å²) in [4.78, 5) is 18.2. The highest BCUT2D eigenvalue weighted by atomic mass is 16.6. The maximum absolute atomic E-state index is 11.5. The molecule has 0 spiro atoms. The Balaban J connectivity index is 1.19. The fourth-order valence-corrected chi connectivity index (χ4v) is 5.17. The lowest BCUT2D eigenvalue weighted by Crippen LogP contribution is -2.40. The molecule has 0 bridgehead atoms. The zero-order valence-electron chi connectivity index (χ0n) is 21.7. The molecule has 2 aliphatic heterocycles. The Labute approximate surface area is 218 Å². The van der Waals surface area contributed by atoms with Gasteiger partial charge >= 0.3 is 0 Å². The second-order valence-electron chi connectivity index (χ2n) is 9.84. The van der Waals surface area contributed by atoms with Crippen molar-refractivity contribution in [3.63, 3.8) is 0 Å². The molecule has 0 saturated carbocycles. The Morgan fingerprint density at radius 3 is 2.78 bits per heavy atom. The molecule has 1 saturated heterocycles. The van der Waals surface area contributed by atoms with E-state index in [4.69, 9.17) is 19.2 Å². The summed E-state index contributed by atoms with van der Waals surface area (Å²) in [7, 11) is 1.63. The van der Waals surface area contributed by atoms with Gasteiger partial charge in [0.2, 0.25) is 11.8 Å². The molecule has 37 heavy (non-hydrogen) atoms. The molecule has 1 fully saturated rings. The number of anilines is 1. The fourth-order valence-electron chi connectivity index (χ4n) is 5.17. The van der Waals surface area contributed by atoms with E-state index >= 15 is 0 Å². The normalized spacial score (nSPS) is 19.4. The molecule has 3 heterocycles. The van der Waals surface area contributed by atoms with Crippen LogP contribution in [0.4, 0.5) is 5.69 Å². The number of aromatic nitrogens is 1. The summed E-state index contributed by atoms with van der Waals surface area (Å²) in [6, 6.07) is 9.81. The van der Waals surface area contributed by atoms with Crippen molar-refractivity contribution in [1.29, 1.82) is 0 Å². The first-order valence-electron chi connectivity index (χ1n) is 13.2. The number of hydrogen-bond donors (Lipinski definition) is 2. The molecule has 1 aliphatic carbocycles. The topological polar surface area (TPSA) is 84.9 Å². The Kier molecular flexibility index (Phi) is 7.94. The number of carbonyl (C=O) groups is 1. The molecule has 5 rings (SSSR count). The Hall–Kier alpha value is -3.52. The molecule has 2 aromatic rings. The summed E-state index contributed by atoms with van der Waals surface area (Å²) in [5.41, 5.74) is 3.51. The smallest absolute Gasteiger partial charge is 0.238 e. The third kappa shape index (κ3) is 6.07. The summed E-state index contributed by atoms with van der Waals surface area (Å²) in [6.45, 7) is 6.42. The van der Waals surface area contributed by atoms with E-state index < -0.39 is 0 Å². The number of amides is 1. The molecule has 8 nitrogen and oxygen atoms in total. The summed E-state index contributed by atoms with van der Waals surface area (Å²) >= 11 is 0. The van der Waals surface area contributed by atoms with Gasteiger partial charge in [0.1, 0.15) is 18.9 Å². The number of pyridine rings is 1. The van der Waals surface area contributed by atoms with Crippen LogP contribution in [0.25, 0.3) is 11.3 Å². The van der Waals surface area contributed by atoms with E-state index in [1.807, 2.05) is 35.2 Å². The number of nitrogens with zero attached hydrogens (tertiary/aromatic N) is 2. The molecular formula is C29H36N4O4. The molecule has 1 aromatic heterocycles. The van der Waals surface area contributed by atoms with Crippen molar-refractivity contribution in [2.75, 3.05) is 51.8 Å². The molecular weight excluding hydrogens is 468 g/mol. The van der Waals surface area contributed by atoms with E-state index in [2.05, 4.69) is 28.9 Å². The van der Waals surface area contributed by atoms with Gasteiger partial charge in [0.25, 0.3) is 0 Å². The predicted molar refractivity (Wildman–Crippen MR) is 144 cm³/mol. The van der Waals surface area contributed by atoms with Crippen molar-refractivity contribution < 1.29 is 19.0 Å². The van der Waals surface area contributed by atoms with E-state index in [0.29, 0.717) is 30.9 Å². The van der Waals surface area contributed by atoms with Gasteiger partial charge in [-0.15, -0.1) is 0 Å². The van der Waals surface area contributed by atoms with Crippen LogP contribution < -0.4 is 24.8 Å². The van der Waals surface area contributed by atoms with Gasteiger partial charge in [-0.2, -0.15) is 0 Å². The highest BCUT2D eigenvalue weighted by molar-refractivity contribution is 5.74. The van der Waals surface area contributed by atoms with Crippen molar-refractivity contribution in [2.24, 2.45) is 11.8 Å². The SMILES string of the molecule is COc1nc(-c2cccc3c2OCCO3)ccc1NC1=C[C@H](CNCC2CCN(C(C)=O)CC2)CC=C1. The first-order chi connectivity index (χ1) is 18.1. The number of nitrogens with one attached hydrogen (secondary N) is 2. The van der Waals surface area contributed by atoms with Gasteiger partial charge in [-0.25, -0.2) is 4.98 Å². The van der Waals surface area contributed by atoms with Crippen molar-refractivity contribution in [3.8, 4) is 28.6 Å². The summed E-state index contributed by atoms with van der Waals surface area (Å²) in [6.07, 6.45) is 9.76. The van der Waals surface area contributed by atoms with Crippen LogP contribution in [0, 0.1) is 11.8 Å². The van der Waals surface area contributed by atoms with Gasteiger partial charge in [-0.3, -0.25) is 4.79 Å². The summed E-state index contributed by atoms with van der Waals surface area (Å²) < 4.78 is 17.2. The van der Waals surface area contributed by atoms with Crippen LogP contribution >= 0.6 is 0 Å². The molecule has 1 aromatic carbocycles. The van der Waals surface area contributed by atoms with Crippen molar-refractivity contribution in [1.82, 2.24) is 15.2 Å². The van der Waals surface area contributed by atoms with Gasteiger partial charge in [0.05, 0.1) is 12.8 Å². The zero-order chi connectivity index (χ0) is 25.6. The predicted octanol–water partition coefficient (Wildman–Crippen LogP) is 4.25. The van der Waals surface area contributed by atoms with E-state index in [1.54, 1.807) is 14.0 Å². The highest BCUT2D eigenvalue weighted by Gasteiger charge is 2.21. The number of hydrogen-bond acceptors (Lipinski definition) is 7. The van der Waals surface area contributed by atoms with Crippen LogP contribution in [0.1, 0.15) is 26.2 Å². The molecule has 2 N–H and O–H groups in total. The van der Waals surface area contributed by atoms with E-state index in [9.17, 15) is 4.79 Å². The molecule has 1 atom stereocenters. The van der Waals surface area contributed by atoms with Crippen LogP contribution in [0.5, 0.6) is 17.4 Å².